The maximum absolute atomic E-state index is 12.3. The molecule has 0 aliphatic rings. The highest BCUT2D eigenvalue weighted by molar-refractivity contribution is 9.11. The van der Waals surface area contributed by atoms with Crippen molar-refractivity contribution in [2.24, 2.45) is 0 Å². The Kier molecular flexibility index (Phi) is 5.72. The fraction of sp³-hybridized carbons (Fsp3) is 0. The van der Waals surface area contributed by atoms with Gasteiger partial charge in [0.25, 0.3) is 15.7 Å². The maximum Gasteiger partial charge on any atom is 0.300 e. The highest BCUT2D eigenvalue weighted by atomic mass is 79.9. The normalized spacial score (nSPS) is 11.1. The first-order valence-corrected chi connectivity index (χ1v) is 9.34. The third kappa shape index (κ3) is 4.50. The van der Waals surface area contributed by atoms with Gasteiger partial charge >= 0.3 is 5.69 Å². The second-order valence-electron chi connectivity index (χ2n) is 4.52. The molecule has 13 heteroatoms. The van der Waals surface area contributed by atoms with E-state index in [1.54, 1.807) is 6.07 Å². The first kappa shape index (κ1) is 19.2. The van der Waals surface area contributed by atoms with Crippen molar-refractivity contribution < 1.29 is 18.3 Å². The highest BCUT2D eigenvalue weighted by Crippen LogP contribution is 2.29. The van der Waals surface area contributed by atoms with E-state index in [4.69, 9.17) is 0 Å². The molecule has 0 saturated carbocycles. The van der Waals surface area contributed by atoms with Gasteiger partial charge in [0.15, 0.2) is 0 Å². The lowest BCUT2D eigenvalue weighted by atomic mass is 10.2. The number of nitro groups is 2. The molecule has 0 atom stereocenters. The first-order valence-electron chi connectivity index (χ1n) is 6.27. The number of non-ortho nitro benzene ring substituents is 1. The van der Waals surface area contributed by atoms with Crippen molar-refractivity contribution in [1.82, 2.24) is 4.83 Å². The van der Waals surface area contributed by atoms with Crippen LogP contribution in [0.15, 0.2) is 50.2 Å². The van der Waals surface area contributed by atoms with Gasteiger partial charge in [-0.15, -0.1) is 4.83 Å². The summed E-state index contributed by atoms with van der Waals surface area (Å²) in [6.45, 7) is 0. The van der Waals surface area contributed by atoms with Gasteiger partial charge in [-0.05, 0) is 40.2 Å². The van der Waals surface area contributed by atoms with Crippen LogP contribution in [0.25, 0.3) is 0 Å². The number of nitrogens with zero attached hydrogens (tertiary/aromatic N) is 2. The predicted molar refractivity (Wildman–Crippen MR) is 95.5 cm³/mol. The summed E-state index contributed by atoms with van der Waals surface area (Å²) in [7, 11) is -4.08. The number of anilines is 1. The predicted octanol–water partition coefficient (Wildman–Crippen LogP) is 3.33. The Bertz CT molecular complexity index is 966. The number of sulfonamides is 1. The quantitative estimate of drug-likeness (QED) is 0.461. The van der Waals surface area contributed by atoms with E-state index in [2.05, 4.69) is 37.3 Å². The molecule has 2 aromatic rings. The number of benzene rings is 2. The molecule has 2 aromatic carbocycles. The van der Waals surface area contributed by atoms with Gasteiger partial charge in [-0.25, -0.2) is 8.42 Å². The lowest BCUT2D eigenvalue weighted by Gasteiger charge is -2.11. The molecule has 0 spiro atoms. The van der Waals surface area contributed by atoms with Gasteiger partial charge in [0.2, 0.25) is 0 Å². The van der Waals surface area contributed by atoms with Crippen LogP contribution in [-0.4, -0.2) is 18.3 Å². The topological polar surface area (TPSA) is 144 Å². The molecule has 0 bridgehead atoms. The fourth-order valence-electron chi connectivity index (χ4n) is 1.75. The second kappa shape index (κ2) is 7.43. The average molecular weight is 496 g/mol. The zero-order chi connectivity index (χ0) is 18.8. The van der Waals surface area contributed by atoms with Crippen LogP contribution in [0.3, 0.4) is 0 Å². The number of rotatable bonds is 6. The summed E-state index contributed by atoms with van der Waals surface area (Å²) < 4.78 is 25.5. The molecule has 0 radical (unpaired) electrons. The van der Waals surface area contributed by atoms with Crippen LogP contribution in [0.1, 0.15) is 0 Å². The monoisotopic (exact) mass is 494 g/mol. The molecule has 0 saturated heterocycles. The van der Waals surface area contributed by atoms with Crippen LogP contribution in [0.4, 0.5) is 17.1 Å². The summed E-state index contributed by atoms with van der Waals surface area (Å²) in [6.07, 6.45) is 0. The summed E-state index contributed by atoms with van der Waals surface area (Å²) in [6, 6.07) is 7.24. The number of hydrogen-bond donors (Lipinski definition) is 2. The Balaban J connectivity index is 2.33. The van der Waals surface area contributed by atoms with Gasteiger partial charge in [0.1, 0.15) is 5.69 Å². The maximum atomic E-state index is 12.3. The van der Waals surface area contributed by atoms with E-state index in [1.165, 1.54) is 12.1 Å². The number of halogens is 2. The van der Waals surface area contributed by atoms with Crippen molar-refractivity contribution in [3.05, 3.63) is 65.6 Å². The largest absolute Gasteiger partial charge is 0.302 e. The molecular formula is C12H8Br2N4O6S. The van der Waals surface area contributed by atoms with Gasteiger partial charge in [-0.3, -0.25) is 20.2 Å². The van der Waals surface area contributed by atoms with Gasteiger partial charge in [0.05, 0.1) is 20.8 Å². The lowest BCUT2D eigenvalue weighted by Crippen LogP contribution is -2.30. The number of hydrazine groups is 1. The van der Waals surface area contributed by atoms with E-state index in [9.17, 15) is 28.6 Å². The third-order valence-electron chi connectivity index (χ3n) is 2.89. The molecular weight excluding hydrogens is 488 g/mol. The van der Waals surface area contributed by atoms with Crippen molar-refractivity contribution in [3.63, 3.8) is 0 Å². The standard InChI is InChI=1S/C12H8Br2N4O6S/c13-7-1-3-9(14)12(5-7)25(23,24)16-15-10-4-2-8(17(19)20)6-11(10)18(21)22/h1-6,15-16H. The molecule has 0 heterocycles. The third-order valence-corrected chi connectivity index (χ3v) is 5.63. The van der Waals surface area contributed by atoms with Crippen molar-refractivity contribution in [3.8, 4) is 0 Å². The zero-order valence-corrected chi connectivity index (χ0v) is 16.0. The van der Waals surface area contributed by atoms with Crippen LogP contribution < -0.4 is 10.3 Å². The van der Waals surface area contributed by atoms with Crippen molar-refractivity contribution >= 4 is 58.9 Å². The number of nitro benzene ring substituents is 2. The summed E-state index contributed by atoms with van der Waals surface area (Å²) in [4.78, 5) is 22.0. The molecule has 0 aliphatic heterocycles. The van der Waals surface area contributed by atoms with Crippen LogP contribution >= 0.6 is 31.9 Å². The summed E-state index contributed by atoms with van der Waals surface area (Å²) in [5, 5.41) is 21.7. The van der Waals surface area contributed by atoms with E-state index in [-0.39, 0.29) is 15.1 Å². The molecule has 0 amide bonds. The molecule has 2 rings (SSSR count). The summed E-state index contributed by atoms with van der Waals surface area (Å²) in [5.41, 5.74) is 0.824. The minimum absolute atomic E-state index is 0.112. The molecule has 0 aromatic heterocycles. The van der Waals surface area contributed by atoms with Gasteiger partial charge in [-0.2, -0.15) is 0 Å². The minimum atomic E-state index is -4.08. The Labute approximate surface area is 157 Å². The molecule has 2 N–H and O–H groups in total. The van der Waals surface area contributed by atoms with E-state index in [0.29, 0.717) is 4.47 Å². The second-order valence-corrected chi connectivity index (χ2v) is 7.94. The van der Waals surface area contributed by atoms with Crippen molar-refractivity contribution in [2.45, 2.75) is 4.90 Å². The number of nitrogens with one attached hydrogen (secondary N) is 2. The Morgan fingerprint density at radius 2 is 1.64 bits per heavy atom. The van der Waals surface area contributed by atoms with Gasteiger partial charge in [0, 0.05) is 15.0 Å². The van der Waals surface area contributed by atoms with E-state index in [1.807, 2.05) is 4.83 Å². The Hall–Kier alpha value is -2.09. The van der Waals surface area contributed by atoms with Crippen molar-refractivity contribution in [1.29, 1.82) is 0 Å². The number of hydrogen-bond acceptors (Lipinski definition) is 7. The summed E-state index contributed by atoms with van der Waals surface area (Å²) in [5.74, 6) is 0. The van der Waals surface area contributed by atoms with E-state index in [0.717, 1.165) is 18.2 Å². The SMILES string of the molecule is O=[N+]([O-])c1ccc(NNS(=O)(=O)c2cc(Br)ccc2Br)c([N+](=O)[O-])c1. The van der Waals surface area contributed by atoms with Gasteiger partial charge < -0.3 is 5.43 Å². The first-order chi connectivity index (χ1) is 11.6. The van der Waals surface area contributed by atoms with Gasteiger partial charge in [-0.1, -0.05) is 15.9 Å². The van der Waals surface area contributed by atoms with Crippen LogP contribution in [0.5, 0.6) is 0 Å². The average Bonchev–Trinajstić information content (AvgIpc) is 2.54. The molecule has 25 heavy (non-hydrogen) atoms. The van der Waals surface area contributed by atoms with Crippen LogP contribution in [0.2, 0.25) is 0 Å². The Morgan fingerprint density at radius 1 is 0.960 bits per heavy atom. The molecule has 0 aliphatic carbocycles. The van der Waals surface area contributed by atoms with Crippen LogP contribution in [-0.2, 0) is 10.0 Å². The van der Waals surface area contributed by atoms with E-state index < -0.39 is 31.2 Å². The lowest BCUT2D eigenvalue weighted by molar-refractivity contribution is -0.393. The summed E-state index contributed by atoms with van der Waals surface area (Å²) >= 11 is 6.26. The molecule has 0 fully saturated rings. The Morgan fingerprint density at radius 3 is 2.24 bits per heavy atom. The van der Waals surface area contributed by atoms with Crippen molar-refractivity contribution in [2.75, 3.05) is 5.43 Å². The van der Waals surface area contributed by atoms with Crippen LogP contribution in [0, 0.1) is 20.2 Å². The highest BCUT2D eigenvalue weighted by Gasteiger charge is 2.22. The smallest absolute Gasteiger partial charge is 0.300 e. The molecule has 0 unspecified atom stereocenters. The zero-order valence-electron chi connectivity index (χ0n) is 12.0. The minimum Gasteiger partial charge on any atom is -0.302 e. The van der Waals surface area contributed by atoms with E-state index >= 15 is 0 Å². The molecule has 10 nitrogen and oxygen atoms in total. The molecule has 132 valence electrons. The fourth-order valence-corrected chi connectivity index (χ4v) is 4.11.